The number of aryl methyl sites for hydroxylation is 1. The van der Waals surface area contributed by atoms with Crippen molar-refractivity contribution in [2.24, 2.45) is 0 Å². The third kappa shape index (κ3) is 3.29. The van der Waals surface area contributed by atoms with Gasteiger partial charge < -0.3 is 4.42 Å². The zero-order chi connectivity index (χ0) is 19.0. The van der Waals surface area contributed by atoms with Gasteiger partial charge in [0, 0.05) is 22.2 Å². The summed E-state index contributed by atoms with van der Waals surface area (Å²) in [6.45, 7) is 0. The van der Waals surface area contributed by atoms with Crippen molar-refractivity contribution < 1.29 is 14.1 Å². The SMILES string of the molecule is O=C1/C(=C/c2ccc(-c3ccc(Cl)cc3[N+](=O)[O-])o2)CCc2ccccc21. The third-order valence-electron chi connectivity index (χ3n) is 4.58. The number of hydrogen-bond acceptors (Lipinski definition) is 4. The Kier molecular flexibility index (Phi) is 4.38. The highest BCUT2D eigenvalue weighted by Crippen LogP contribution is 2.34. The van der Waals surface area contributed by atoms with E-state index in [1.165, 1.54) is 6.07 Å². The van der Waals surface area contributed by atoms with Crippen LogP contribution in [-0.4, -0.2) is 10.7 Å². The Morgan fingerprint density at radius 3 is 2.67 bits per heavy atom. The van der Waals surface area contributed by atoms with E-state index in [2.05, 4.69) is 0 Å². The number of carbonyl (C=O) groups is 1. The van der Waals surface area contributed by atoms with Gasteiger partial charge in [0.05, 0.1) is 10.5 Å². The topological polar surface area (TPSA) is 73.3 Å². The standard InChI is InChI=1S/C21H14ClNO4/c22-15-7-9-18(19(12-15)23(25)26)20-10-8-16(27-20)11-14-6-5-13-3-1-2-4-17(13)21(14)24/h1-4,7-12H,5-6H2/b14-11+. The van der Waals surface area contributed by atoms with Crippen molar-refractivity contribution in [3.63, 3.8) is 0 Å². The zero-order valence-electron chi connectivity index (χ0n) is 14.1. The second-order valence-corrected chi connectivity index (χ2v) is 6.71. The number of nitro benzene ring substituents is 1. The minimum absolute atomic E-state index is 0.00715. The molecular formula is C21H14ClNO4. The molecule has 0 atom stereocenters. The highest BCUT2D eigenvalue weighted by atomic mass is 35.5. The van der Waals surface area contributed by atoms with Crippen molar-refractivity contribution >= 4 is 29.1 Å². The smallest absolute Gasteiger partial charge is 0.281 e. The Morgan fingerprint density at radius 1 is 1.04 bits per heavy atom. The van der Waals surface area contributed by atoms with Crippen LogP contribution in [0.25, 0.3) is 17.4 Å². The molecule has 3 aromatic rings. The number of ketones is 1. The van der Waals surface area contributed by atoms with E-state index in [0.29, 0.717) is 29.1 Å². The molecule has 0 aliphatic heterocycles. The van der Waals surface area contributed by atoms with Gasteiger partial charge in [-0.25, -0.2) is 0 Å². The molecular weight excluding hydrogens is 366 g/mol. The summed E-state index contributed by atoms with van der Waals surface area (Å²) in [4.78, 5) is 23.4. The monoisotopic (exact) mass is 379 g/mol. The van der Waals surface area contributed by atoms with Crippen LogP contribution in [0, 0.1) is 10.1 Å². The molecule has 0 spiro atoms. The summed E-state index contributed by atoms with van der Waals surface area (Å²) in [5.41, 5.74) is 2.65. The summed E-state index contributed by atoms with van der Waals surface area (Å²) < 4.78 is 5.76. The first-order valence-corrected chi connectivity index (χ1v) is 8.78. The molecule has 1 aliphatic rings. The van der Waals surface area contributed by atoms with Crippen molar-refractivity contribution in [3.05, 3.63) is 92.2 Å². The Labute approximate surface area is 160 Å². The predicted molar refractivity (Wildman–Crippen MR) is 103 cm³/mol. The number of rotatable bonds is 3. The number of allylic oxidation sites excluding steroid dienone is 1. The molecule has 1 aliphatic carbocycles. The van der Waals surface area contributed by atoms with Gasteiger partial charge in [-0.1, -0.05) is 35.9 Å². The fraction of sp³-hybridized carbons (Fsp3) is 0.0952. The summed E-state index contributed by atoms with van der Waals surface area (Å²) in [6.07, 6.45) is 3.14. The number of Topliss-reactive ketones (excluding diaryl/α,β-unsaturated/α-hetero) is 1. The van der Waals surface area contributed by atoms with Gasteiger partial charge in [-0.15, -0.1) is 0 Å². The highest BCUT2D eigenvalue weighted by molar-refractivity contribution is 6.30. The normalized spacial score (nSPS) is 15.0. The van der Waals surface area contributed by atoms with Crippen molar-refractivity contribution in [2.45, 2.75) is 12.8 Å². The van der Waals surface area contributed by atoms with Gasteiger partial charge in [0.2, 0.25) is 0 Å². The number of carbonyl (C=O) groups excluding carboxylic acids is 1. The molecule has 0 fully saturated rings. The lowest BCUT2D eigenvalue weighted by Crippen LogP contribution is -2.13. The largest absolute Gasteiger partial charge is 0.456 e. The summed E-state index contributed by atoms with van der Waals surface area (Å²) >= 11 is 5.86. The van der Waals surface area contributed by atoms with E-state index in [9.17, 15) is 14.9 Å². The molecule has 0 saturated heterocycles. The average Bonchev–Trinajstić information content (AvgIpc) is 3.12. The highest BCUT2D eigenvalue weighted by Gasteiger charge is 2.22. The van der Waals surface area contributed by atoms with Gasteiger partial charge in [-0.05, 0) is 48.7 Å². The molecule has 1 heterocycles. The van der Waals surface area contributed by atoms with Crippen LogP contribution in [0.3, 0.4) is 0 Å². The lowest BCUT2D eigenvalue weighted by atomic mass is 9.86. The number of nitrogens with zero attached hydrogens (tertiary/aromatic N) is 1. The number of benzene rings is 2. The maximum atomic E-state index is 12.7. The molecule has 1 aromatic heterocycles. The minimum Gasteiger partial charge on any atom is -0.456 e. The third-order valence-corrected chi connectivity index (χ3v) is 4.82. The average molecular weight is 380 g/mol. The van der Waals surface area contributed by atoms with E-state index >= 15 is 0 Å². The van der Waals surface area contributed by atoms with Gasteiger partial charge in [0.1, 0.15) is 11.5 Å². The van der Waals surface area contributed by atoms with E-state index in [0.717, 1.165) is 17.5 Å². The molecule has 0 bridgehead atoms. The van der Waals surface area contributed by atoms with Crippen molar-refractivity contribution in [1.29, 1.82) is 0 Å². The van der Waals surface area contributed by atoms with E-state index in [1.807, 2.05) is 24.3 Å². The predicted octanol–water partition coefficient (Wildman–Crippen LogP) is 5.72. The van der Waals surface area contributed by atoms with Gasteiger partial charge in [-0.3, -0.25) is 14.9 Å². The minimum atomic E-state index is -0.497. The molecule has 0 radical (unpaired) electrons. The number of furan rings is 1. The number of hydrogen-bond donors (Lipinski definition) is 0. The fourth-order valence-electron chi connectivity index (χ4n) is 3.26. The van der Waals surface area contributed by atoms with Crippen LogP contribution in [0.4, 0.5) is 5.69 Å². The molecule has 0 amide bonds. The maximum Gasteiger partial charge on any atom is 0.281 e. The fourth-order valence-corrected chi connectivity index (χ4v) is 3.43. The van der Waals surface area contributed by atoms with E-state index in [-0.39, 0.29) is 16.5 Å². The Bertz CT molecular complexity index is 1100. The quantitative estimate of drug-likeness (QED) is 0.331. The van der Waals surface area contributed by atoms with Gasteiger partial charge in [-0.2, -0.15) is 0 Å². The number of halogens is 1. The van der Waals surface area contributed by atoms with Crippen molar-refractivity contribution in [1.82, 2.24) is 0 Å². The molecule has 27 heavy (non-hydrogen) atoms. The first-order valence-electron chi connectivity index (χ1n) is 8.40. The Hall–Kier alpha value is -3.18. The van der Waals surface area contributed by atoms with Crippen LogP contribution in [0.1, 0.15) is 28.1 Å². The van der Waals surface area contributed by atoms with E-state index < -0.39 is 4.92 Å². The van der Waals surface area contributed by atoms with Crippen LogP contribution in [0.5, 0.6) is 0 Å². The van der Waals surface area contributed by atoms with E-state index in [1.54, 1.807) is 30.3 Å². The second-order valence-electron chi connectivity index (χ2n) is 6.28. The summed E-state index contributed by atoms with van der Waals surface area (Å²) in [7, 11) is 0. The van der Waals surface area contributed by atoms with Gasteiger partial charge in [0.15, 0.2) is 5.78 Å². The second kappa shape index (κ2) is 6.85. The molecule has 0 N–H and O–H groups in total. The van der Waals surface area contributed by atoms with Crippen molar-refractivity contribution in [3.8, 4) is 11.3 Å². The molecule has 6 heteroatoms. The lowest BCUT2D eigenvalue weighted by Gasteiger charge is -2.16. The Morgan fingerprint density at radius 2 is 1.85 bits per heavy atom. The first kappa shape index (κ1) is 17.2. The molecule has 134 valence electrons. The molecule has 5 nitrogen and oxygen atoms in total. The Balaban J connectivity index is 1.68. The number of nitro groups is 1. The summed E-state index contributed by atoms with van der Waals surface area (Å²) in [5.74, 6) is 0.832. The van der Waals surface area contributed by atoms with Crippen molar-refractivity contribution in [2.75, 3.05) is 0 Å². The zero-order valence-corrected chi connectivity index (χ0v) is 14.9. The van der Waals surface area contributed by atoms with Crippen LogP contribution in [-0.2, 0) is 6.42 Å². The van der Waals surface area contributed by atoms with Crippen LogP contribution >= 0.6 is 11.6 Å². The maximum absolute atomic E-state index is 12.7. The molecule has 4 rings (SSSR count). The molecule has 0 unspecified atom stereocenters. The number of fused-ring (bicyclic) bond motifs is 1. The van der Waals surface area contributed by atoms with E-state index in [4.69, 9.17) is 16.0 Å². The van der Waals surface area contributed by atoms with Gasteiger partial charge in [0.25, 0.3) is 5.69 Å². The summed E-state index contributed by atoms with van der Waals surface area (Å²) in [6, 6.07) is 15.4. The molecule has 0 saturated carbocycles. The van der Waals surface area contributed by atoms with Crippen LogP contribution in [0.15, 0.2) is 64.6 Å². The molecule has 2 aromatic carbocycles. The van der Waals surface area contributed by atoms with Crippen LogP contribution < -0.4 is 0 Å². The first-order chi connectivity index (χ1) is 13.0. The van der Waals surface area contributed by atoms with Gasteiger partial charge >= 0.3 is 0 Å². The van der Waals surface area contributed by atoms with Crippen LogP contribution in [0.2, 0.25) is 5.02 Å². The lowest BCUT2D eigenvalue weighted by molar-refractivity contribution is -0.384. The summed E-state index contributed by atoms with van der Waals surface area (Å²) in [5, 5.41) is 11.6.